The van der Waals surface area contributed by atoms with Crippen molar-refractivity contribution in [2.24, 2.45) is 0 Å². The Hall–Kier alpha value is -3.66. The van der Waals surface area contributed by atoms with E-state index in [0.717, 1.165) is 30.0 Å². The van der Waals surface area contributed by atoms with Crippen LogP contribution in [0.2, 0.25) is 0 Å². The molecule has 0 bridgehead atoms. The average molecular weight is 435 g/mol. The monoisotopic (exact) mass is 434 g/mol. The van der Waals surface area contributed by atoms with E-state index in [1.165, 1.54) is 12.8 Å². The highest BCUT2D eigenvalue weighted by Gasteiger charge is 2.17. The van der Waals surface area contributed by atoms with Gasteiger partial charge in [0.1, 0.15) is 18.4 Å². The van der Waals surface area contributed by atoms with Crippen molar-refractivity contribution < 1.29 is 14.3 Å². The molecule has 168 valence electrons. The molecule has 1 aliphatic rings. The van der Waals surface area contributed by atoms with Crippen LogP contribution in [-0.4, -0.2) is 44.2 Å². The van der Waals surface area contributed by atoms with Gasteiger partial charge in [-0.2, -0.15) is 0 Å². The number of benzene rings is 2. The van der Waals surface area contributed by atoms with E-state index in [1.54, 1.807) is 6.92 Å². The topological polar surface area (TPSA) is 82.7 Å². The molecular formula is C25H30N4O3. The van der Waals surface area contributed by atoms with Crippen molar-refractivity contribution in [1.82, 2.24) is 10.6 Å². The van der Waals surface area contributed by atoms with Crippen LogP contribution < -0.4 is 25.6 Å². The van der Waals surface area contributed by atoms with Crippen molar-refractivity contribution in [3.8, 4) is 18.1 Å². The van der Waals surface area contributed by atoms with Crippen molar-refractivity contribution in [1.29, 1.82) is 0 Å². The predicted octanol–water partition coefficient (Wildman–Crippen LogP) is 3.17. The third-order valence-electron chi connectivity index (χ3n) is 5.27. The van der Waals surface area contributed by atoms with Gasteiger partial charge in [-0.1, -0.05) is 24.1 Å². The number of terminal acetylenes is 1. The fraction of sp³-hybridized carbons (Fsp3) is 0.360. The molecule has 0 aliphatic carbocycles. The van der Waals surface area contributed by atoms with E-state index in [9.17, 15) is 9.59 Å². The highest BCUT2D eigenvalue weighted by atomic mass is 16.5. The number of hydrogen-bond donors (Lipinski definition) is 3. The normalized spacial score (nSPS) is 13.7. The Balaban J connectivity index is 1.39. The van der Waals surface area contributed by atoms with Crippen LogP contribution in [0, 0.1) is 12.3 Å². The number of amides is 3. The zero-order chi connectivity index (χ0) is 22.8. The van der Waals surface area contributed by atoms with Crippen LogP contribution in [0.1, 0.15) is 25.3 Å². The minimum absolute atomic E-state index is 0.233. The van der Waals surface area contributed by atoms with E-state index in [2.05, 4.69) is 26.8 Å². The maximum atomic E-state index is 12.5. The quantitative estimate of drug-likeness (QED) is 0.530. The molecule has 1 fully saturated rings. The highest BCUT2D eigenvalue weighted by molar-refractivity contribution is 5.97. The maximum Gasteiger partial charge on any atom is 0.315 e. The van der Waals surface area contributed by atoms with Gasteiger partial charge in [0.25, 0.3) is 0 Å². The molecule has 1 saturated heterocycles. The molecule has 2 aromatic rings. The summed E-state index contributed by atoms with van der Waals surface area (Å²) in [4.78, 5) is 27.0. The summed E-state index contributed by atoms with van der Waals surface area (Å²) < 4.78 is 5.34. The molecule has 7 nitrogen and oxygen atoms in total. The predicted molar refractivity (Wildman–Crippen MR) is 127 cm³/mol. The van der Waals surface area contributed by atoms with Crippen molar-refractivity contribution >= 4 is 23.3 Å². The number of rotatable bonds is 9. The van der Waals surface area contributed by atoms with E-state index in [-0.39, 0.29) is 18.5 Å². The molecule has 2 aromatic carbocycles. The largest absolute Gasteiger partial charge is 0.481 e. The van der Waals surface area contributed by atoms with Crippen LogP contribution in [0.5, 0.6) is 5.75 Å². The molecule has 0 spiro atoms. The Labute approximate surface area is 189 Å². The van der Waals surface area contributed by atoms with Crippen molar-refractivity contribution in [3.63, 3.8) is 0 Å². The van der Waals surface area contributed by atoms with Gasteiger partial charge in [0.05, 0.1) is 0 Å². The van der Waals surface area contributed by atoms with E-state index < -0.39 is 6.04 Å². The van der Waals surface area contributed by atoms with Gasteiger partial charge >= 0.3 is 6.03 Å². The van der Waals surface area contributed by atoms with Gasteiger partial charge in [-0.3, -0.25) is 4.79 Å². The molecule has 32 heavy (non-hydrogen) atoms. The van der Waals surface area contributed by atoms with E-state index in [1.807, 2.05) is 48.5 Å². The van der Waals surface area contributed by atoms with Crippen molar-refractivity contribution in [3.05, 3.63) is 54.1 Å². The molecule has 1 atom stereocenters. The first-order chi connectivity index (χ1) is 15.5. The highest BCUT2D eigenvalue weighted by Crippen LogP contribution is 2.23. The summed E-state index contributed by atoms with van der Waals surface area (Å²) in [5.74, 6) is 2.87. The summed E-state index contributed by atoms with van der Waals surface area (Å²) in [5.41, 5.74) is 2.89. The van der Waals surface area contributed by atoms with Crippen molar-refractivity contribution in [2.75, 3.05) is 36.5 Å². The van der Waals surface area contributed by atoms with Gasteiger partial charge in [0.15, 0.2) is 0 Å². The summed E-state index contributed by atoms with van der Waals surface area (Å²) in [6.45, 7) is 4.42. The van der Waals surface area contributed by atoms with Crippen LogP contribution >= 0.6 is 0 Å². The Bertz CT molecular complexity index is 946. The SMILES string of the molecule is C#CCOc1ccc(CCNC(=O)NC(C)C(=O)Nc2cccc(N3CCCC3)c2)cc1. The number of nitrogens with zero attached hydrogens (tertiary/aromatic N) is 1. The first-order valence-corrected chi connectivity index (χ1v) is 10.9. The minimum atomic E-state index is -0.668. The summed E-state index contributed by atoms with van der Waals surface area (Å²) >= 11 is 0. The summed E-state index contributed by atoms with van der Waals surface area (Å²) in [6, 6.07) is 14.3. The Morgan fingerprint density at radius 2 is 1.91 bits per heavy atom. The first kappa shape index (κ1) is 23.0. The summed E-state index contributed by atoms with van der Waals surface area (Å²) in [6.07, 6.45) is 8.22. The molecule has 1 aliphatic heterocycles. The second kappa shape index (κ2) is 11.7. The van der Waals surface area contributed by atoms with E-state index in [0.29, 0.717) is 18.7 Å². The molecular weight excluding hydrogens is 404 g/mol. The van der Waals surface area contributed by atoms with Gasteiger partial charge in [-0.05, 0) is 62.1 Å². The number of hydrogen-bond acceptors (Lipinski definition) is 4. The molecule has 1 heterocycles. The minimum Gasteiger partial charge on any atom is -0.481 e. The molecule has 3 rings (SSSR count). The molecule has 0 radical (unpaired) electrons. The maximum absolute atomic E-state index is 12.5. The average Bonchev–Trinajstić information content (AvgIpc) is 3.34. The molecule has 0 aromatic heterocycles. The first-order valence-electron chi connectivity index (χ1n) is 10.9. The molecule has 7 heteroatoms. The number of urea groups is 1. The van der Waals surface area contributed by atoms with Gasteiger partial charge in [0.2, 0.25) is 5.91 Å². The number of anilines is 2. The van der Waals surface area contributed by atoms with Gasteiger partial charge < -0.3 is 25.6 Å². The summed E-state index contributed by atoms with van der Waals surface area (Å²) in [5, 5.41) is 8.34. The van der Waals surface area contributed by atoms with Crippen LogP contribution in [-0.2, 0) is 11.2 Å². The Morgan fingerprint density at radius 1 is 1.16 bits per heavy atom. The van der Waals surface area contributed by atoms with E-state index in [4.69, 9.17) is 11.2 Å². The smallest absolute Gasteiger partial charge is 0.315 e. The molecule has 3 N–H and O–H groups in total. The summed E-state index contributed by atoms with van der Waals surface area (Å²) in [7, 11) is 0. The van der Waals surface area contributed by atoms with E-state index >= 15 is 0 Å². The molecule has 3 amide bonds. The number of carbonyl (C=O) groups is 2. The molecule has 1 unspecified atom stereocenters. The Kier molecular flexibility index (Phi) is 8.38. The lowest BCUT2D eigenvalue weighted by Crippen LogP contribution is -2.46. The lowest BCUT2D eigenvalue weighted by molar-refractivity contribution is -0.117. The second-order valence-electron chi connectivity index (χ2n) is 7.74. The Morgan fingerprint density at radius 3 is 2.62 bits per heavy atom. The van der Waals surface area contributed by atoms with Gasteiger partial charge in [0, 0.05) is 31.0 Å². The third-order valence-corrected chi connectivity index (χ3v) is 5.27. The number of carbonyl (C=O) groups excluding carboxylic acids is 2. The number of nitrogens with one attached hydrogen (secondary N) is 3. The van der Waals surface area contributed by atoms with Crippen LogP contribution in [0.3, 0.4) is 0 Å². The van der Waals surface area contributed by atoms with Gasteiger partial charge in [-0.15, -0.1) is 6.42 Å². The molecule has 0 saturated carbocycles. The van der Waals surface area contributed by atoms with Crippen LogP contribution in [0.4, 0.5) is 16.2 Å². The lowest BCUT2D eigenvalue weighted by atomic mass is 10.1. The third kappa shape index (κ3) is 6.95. The second-order valence-corrected chi connectivity index (χ2v) is 7.74. The zero-order valence-electron chi connectivity index (χ0n) is 18.4. The van der Waals surface area contributed by atoms with Crippen molar-refractivity contribution in [2.45, 2.75) is 32.2 Å². The number of ether oxygens (including phenoxy) is 1. The van der Waals surface area contributed by atoms with Crippen LogP contribution in [0.15, 0.2) is 48.5 Å². The lowest BCUT2D eigenvalue weighted by Gasteiger charge is -2.19. The van der Waals surface area contributed by atoms with Gasteiger partial charge in [-0.25, -0.2) is 4.79 Å². The zero-order valence-corrected chi connectivity index (χ0v) is 18.4. The fourth-order valence-corrected chi connectivity index (χ4v) is 3.52. The van der Waals surface area contributed by atoms with Crippen LogP contribution in [0.25, 0.3) is 0 Å². The standard InChI is InChI=1S/C25H30N4O3/c1-3-17-32-23-11-9-20(10-12-23)13-14-26-25(31)27-19(2)24(30)28-21-7-6-8-22(18-21)29-15-4-5-16-29/h1,6-12,18-19H,4-5,13-17H2,2H3,(H,28,30)(H2,26,27,31). The fourth-order valence-electron chi connectivity index (χ4n) is 3.52.